The van der Waals surface area contributed by atoms with Crippen LogP contribution in [0.1, 0.15) is 43.4 Å². The Morgan fingerprint density at radius 2 is 2.03 bits per heavy atom. The summed E-state index contributed by atoms with van der Waals surface area (Å²) in [7, 11) is 0. The summed E-state index contributed by atoms with van der Waals surface area (Å²) in [5, 5.41) is 16.2. The van der Waals surface area contributed by atoms with Gasteiger partial charge in [-0.2, -0.15) is 0 Å². The van der Waals surface area contributed by atoms with E-state index in [1.54, 1.807) is 4.57 Å². The number of imidazole rings is 1. The topological polar surface area (TPSA) is 85.8 Å². The Bertz CT molecular complexity index is 1230. The van der Waals surface area contributed by atoms with E-state index in [4.69, 9.17) is 0 Å². The first-order chi connectivity index (χ1) is 14.7. The second kappa shape index (κ2) is 7.78. The number of nitrogens with one attached hydrogen (secondary N) is 3. The van der Waals surface area contributed by atoms with Crippen molar-refractivity contribution in [2.45, 2.75) is 57.3 Å². The average molecular weight is 405 g/mol. The molecule has 0 saturated heterocycles. The number of benzene rings is 2. The number of aliphatic hydroxyl groups is 1. The maximum Gasteiger partial charge on any atom is 0.326 e. The van der Waals surface area contributed by atoms with Gasteiger partial charge >= 0.3 is 5.69 Å². The van der Waals surface area contributed by atoms with E-state index in [0.717, 1.165) is 35.9 Å². The predicted octanol–water partition coefficient (Wildman–Crippen LogP) is 3.62. The van der Waals surface area contributed by atoms with Gasteiger partial charge in [0.05, 0.1) is 17.1 Å². The highest BCUT2D eigenvalue weighted by molar-refractivity contribution is 5.83. The number of nitrogens with zero attached hydrogens (tertiary/aromatic N) is 1. The van der Waals surface area contributed by atoms with Crippen molar-refractivity contribution in [3.8, 4) is 0 Å². The highest BCUT2D eigenvalue weighted by Gasteiger charge is 2.29. The lowest BCUT2D eigenvalue weighted by Crippen LogP contribution is -2.42. The summed E-state index contributed by atoms with van der Waals surface area (Å²) >= 11 is 0. The van der Waals surface area contributed by atoms with Crippen molar-refractivity contribution in [1.82, 2.24) is 19.9 Å². The van der Waals surface area contributed by atoms with E-state index in [1.165, 1.54) is 16.5 Å². The minimum absolute atomic E-state index is 0.0807. The van der Waals surface area contributed by atoms with Crippen molar-refractivity contribution in [3.05, 3.63) is 70.3 Å². The molecule has 4 aromatic rings. The second-order valence-corrected chi connectivity index (χ2v) is 8.34. The third kappa shape index (κ3) is 3.26. The zero-order chi connectivity index (χ0) is 20.7. The fourth-order valence-electron chi connectivity index (χ4n) is 4.89. The molecule has 0 spiro atoms. The number of aromatic amines is 2. The van der Waals surface area contributed by atoms with Gasteiger partial charge in [0, 0.05) is 41.3 Å². The molecule has 1 aliphatic heterocycles. The molecule has 6 heteroatoms. The summed E-state index contributed by atoms with van der Waals surface area (Å²) in [5.74, 6) is 0. The highest BCUT2D eigenvalue weighted by Crippen LogP contribution is 2.30. The number of para-hydroxylation sites is 2. The Labute approximate surface area is 174 Å². The molecule has 0 bridgehead atoms. The molecular weight excluding hydrogens is 376 g/mol. The monoisotopic (exact) mass is 404 g/mol. The van der Waals surface area contributed by atoms with Gasteiger partial charge in [-0.3, -0.25) is 4.57 Å². The molecular formula is C24H28N4O2. The molecule has 4 N–H and O–H groups in total. The number of hydrogen-bond acceptors (Lipinski definition) is 3. The molecule has 156 valence electrons. The van der Waals surface area contributed by atoms with Crippen LogP contribution >= 0.6 is 0 Å². The van der Waals surface area contributed by atoms with E-state index in [-0.39, 0.29) is 11.7 Å². The zero-order valence-corrected chi connectivity index (χ0v) is 17.2. The Hall–Kier alpha value is -2.83. The molecule has 3 atom stereocenters. The molecule has 0 amide bonds. The van der Waals surface area contributed by atoms with Crippen LogP contribution in [0.25, 0.3) is 21.9 Å². The van der Waals surface area contributed by atoms with Crippen LogP contribution in [0, 0.1) is 0 Å². The maximum atomic E-state index is 12.3. The van der Waals surface area contributed by atoms with Crippen molar-refractivity contribution < 1.29 is 5.11 Å². The third-order valence-electron chi connectivity index (χ3n) is 6.57. The molecule has 0 saturated carbocycles. The first-order valence-electron chi connectivity index (χ1n) is 10.9. The van der Waals surface area contributed by atoms with Crippen molar-refractivity contribution in [2.75, 3.05) is 0 Å². The Balaban J connectivity index is 1.33. The molecule has 30 heavy (non-hydrogen) atoms. The van der Waals surface area contributed by atoms with E-state index in [0.29, 0.717) is 19.0 Å². The van der Waals surface area contributed by atoms with Gasteiger partial charge in [0.15, 0.2) is 0 Å². The third-order valence-corrected chi connectivity index (χ3v) is 6.57. The Morgan fingerprint density at radius 3 is 2.90 bits per heavy atom. The van der Waals surface area contributed by atoms with Crippen LogP contribution in [0.5, 0.6) is 0 Å². The van der Waals surface area contributed by atoms with Crippen LogP contribution in [-0.2, 0) is 13.0 Å². The minimum Gasteiger partial charge on any atom is -0.387 e. The SMILES string of the molecule is CCC(CCc1c[nH]c2ccccc12)N[C@@H]1CCn2c(=O)[nH]c3cccc(c32)[C@H]1O. The van der Waals surface area contributed by atoms with Crippen LogP contribution in [0.2, 0.25) is 0 Å². The van der Waals surface area contributed by atoms with Crippen molar-refractivity contribution >= 4 is 21.9 Å². The molecule has 0 radical (unpaired) electrons. The van der Waals surface area contributed by atoms with Crippen LogP contribution in [0.15, 0.2) is 53.5 Å². The van der Waals surface area contributed by atoms with E-state index in [2.05, 4.69) is 46.6 Å². The van der Waals surface area contributed by atoms with Gasteiger partial charge in [0.1, 0.15) is 0 Å². The summed E-state index contributed by atoms with van der Waals surface area (Å²) in [6, 6.07) is 14.3. The molecule has 1 aliphatic rings. The molecule has 6 nitrogen and oxygen atoms in total. The van der Waals surface area contributed by atoms with E-state index in [9.17, 15) is 9.90 Å². The Kier molecular flexibility index (Phi) is 4.97. The quantitative estimate of drug-likeness (QED) is 0.396. The molecule has 5 rings (SSSR count). The smallest absolute Gasteiger partial charge is 0.326 e. The molecule has 1 unspecified atom stereocenters. The fraction of sp³-hybridized carbons (Fsp3) is 0.375. The molecule has 2 aromatic heterocycles. The molecule has 0 aliphatic carbocycles. The van der Waals surface area contributed by atoms with Gasteiger partial charge in [-0.1, -0.05) is 37.3 Å². The molecule has 3 heterocycles. The Morgan fingerprint density at radius 1 is 1.20 bits per heavy atom. The van der Waals surface area contributed by atoms with Gasteiger partial charge in [-0.05, 0) is 43.4 Å². The molecule has 0 fully saturated rings. The summed E-state index contributed by atoms with van der Waals surface area (Å²) in [6.07, 6.45) is 5.15. The lowest BCUT2D eigenvalue weighted by atomic mass is 9.97. The number of H-pyrrole nitrogens is 2. The highest BCUT2D eigenvalue weighted by atomic mass is 16.3. The number of aromatic nitrogens is 3. The van der Waals surface area contributed by atoms with Crippen LogP contribution in [0.3, 0.4) is 0 Å². The van der Waals surface area contributed by atoms with E-state index in [1.807, 2.05) is 24.3 Å². The normalized spacial score (nSPS) is 19.9. The summed E-state index contributed by atoms with van der Waals surface area (Å²) in [6.45, 7) is 2.79. The van der Waals surface area contributed by atoms with E-state index < -0.39 is 6.10 Å². The van der Waals surface area contributed by atoms with Crippen molar-refractivity contribution in [3.63, 3.8) is 0 Å². The summed E-state index contributed by atoms with van der Waals surface area (Å²) in [4.78, 5) is 18.6. The van der Waals surface area contributed by atoms with Gasteiger partial charge in [0.2, 0.25) is 0 Å². The summed E-state index contributed by atoms with van der Waals surface area (Å²) in [5.41, 5.74) is 4.87. The lowest BCUT2D eigenvalue weighted by molar-refractivity contribution is 0.117. The van der Waals surface area contributed by atoms with Crippen molar-refractivity contribution in [1.29, 1.82) is 0 Å². The maximum absolute atomic E-state index is 12.3. The van der Waals surface area contributed by atoms with E-state index >= 15 is 0 Å². The van der Waals surface area contributed by atoms with Gasteiger partial charge in [-0.15, -0.1) is 0 Å². The first kappa shape index (κ1) is 19.2. The largest absolute Gasteiger partial charge is 0.387 e. The van der Waals surface area contributed by atoms with Gasteiger partial charge in [0.25, 0.3) is 0 Å². The van der Waals surface area contributed by atoms with Crippen LogP contribution in [0.4, 0.5) is 0 Å². The fourth-order valence-corrected chi connectivity index (χ4v) is 4.89. The number of aryl methyl sites for hydroxylation is 2. The van der Waals surface area contributed by atoms with Gasteiger partial charge in [-0.25, -0.2) is 4.79 Å². The zero-order valence-electron chi connectivity index (χ0n) is 17.2. The minimum atomic E-state index is -0.639. The second-order valence-electron chi connectivity index (χ2n) is 8.34. The standard InChI is InChI=1S/C24H28N4O2/c1-2-16(11-10-15-14-25-19-8-4-3-6-17(15)19)26-21-12-13-28-22-18(23(21)29)7-5-9-20(22)27-24(28)30/h3-9,14,16,21,23,25-26,29H,2,10-13H2,1H3,(H,27,30)/t16?,21-,23-/m1/s1. The lowest BCUT2D eigenvalue weighted by Gasteiger charge is -2.28. The van der Waals surface area contributed by atoms with Crippen LogP contribution < -0.4 is 11.0 Å². The first-order valence-corrected chi connectivity index (χ1v) is 10.9. The van der Waals surface area contributed by atoms with Gasteiger partial charge < -0.3 is 20.4 Å². The number of rotatable bonds is 6. The predicted molar refractivity (Wildman–Crippen MR) is 120 cm³/mol. The average Bonchev–Trinajstić information content (AvgIpc) is 3.28. The number of hydrogen-bond donors (Lipinski definition) is 4. The summed E-state index contributed by atoms with van der Waals surface area (Å²) < 4.78 is 1.77. The van der Waals surface area contributed by atoms with Crippen molar-refractivity contribution in [2.24, 2.45) is 0 Å². The number of fused-ring (bicyclic) bond motifs is 1. The number of aliphatic hydroxyl groups excluding tert-OH is 1. The van der Waals surface area contributed by atoms with Crippen LogP contribution in [-0.4, -0.2) is 31.7 Å². The molecule has 2 aromatic carbocycles.